The van der Waals surface area contributed by atoms with Crippen LogP contribution in [0, 0.1) is 6.92 Å². The molecule has 24 heavy (non-hydrogen) atoms. The second-order valence-corrected chi connectivity index (χ2v) is 8.45. The fraction of sp³-hybridized carbons (Fsp3) is 0.611. The molecule has 0 unspecified atom stereocenters. The summed E-state index contributed by atoms with van der Waals surface area (Å²) in [5.41, 5.74) is 1.92. The number of hydrogen-bond donors (Lipinski definition) is 0. The lowest BCUT2D eigenvalue weighted by atomic mass is 10.2. The van der Waals surface area contributed by atoms with Gasteiger partial charge in [-0.15, -0.1) is 0 Å². The minimum atomic E-state index is -3.34. The van der Waals surface area contributed by atoms with Gasteiger partial charge in [0.05, 0.1) is 5.75 Å². The van der Waals surface area contributed by atoms with E-state index in [0.29, 0.717) is 39.0 Å². The Hall–Kier alpha value is -1.40. The van der Waals surface area contributed by atoms with Crippen LogP contribution >= 0.6 is 0 Å². The average molecular weight is 353 g/mol. The number of rotatable bonds is 6. The molecular weight excluding hydrogens is 324 g/mol. The molecule has 0 N–H and O–H groups in total. The van der Waals surface area contributed by atoms with E-state index < -0.39 is 10.0 Å². The number of aryl methyl sites for hydroxylation is 1. The highest BCUT2D eigenvalue weighted by Gasteiger charge is 2.26. The van der Waals surface area contributed by atoms with Crippen LogP contribution in [0.1, 0.15) is 43.7 Å². The van der Waals surface area contributed by atoms with Gasteiger partial charge in [0.2, 0.25) is 15.9 Å². The third kappa shape index (κ3) is 5.31. The zero-order valence-corrected chi connectivity index (χ0v) is 15.5. The van der Waals surface area contributed by atoms with Crippen LogP contribution in [-0.2, 0) is 20.6 Å². The molecule has 5 nitrogen and oxygen atoms in total. The van der Waals surface area contributed by atoms with Gasteiger partial charge in [0.1, 0.15) is 0 Å². The quantitative estimate of drug-likeness (QED) is 0.790. The maximum atomic E-state index is 12.7. The van der Waals surface area contributed by atoms with E-state index in [1.807, 2.05) is 36.1 Å². The molecule has 0 spiro atoms. The molecule has 1 aromatic carbocycles. The summed E-state index contributed by atoms with van der Waals surface area (Å²) < 4.78 is 26.9. The lowest BCUT2D eigenvalue weighted by molar-refractivity contribution is -0.131. The van der Waals surface area contributed by atoms with Gasteiger partial charge in [0, 0.05) is 32.6 Å². The Labute approximate surface area is 145 Å². The van der Waals surface area contributed by atoms with Crippen molar-refractivity contribution in [2.45, 2.75) is 45.3 Å². The van der Waals surface area contributed by atoms with Crippen LogP contribution < -0.4 is 0 Å². The molecule has 1 saturated heterocycles. The third-order valence-electron chi connectivity index (χ3n) is 4.41. The zero-order valence-electron chi connectivity index (χ0n) is 14.7. The number of unbranched alkanes of at least 4 members (excludes halogenated alkanes) is 1. The largest absolute Gasteiger partial charge is 0.341 e. The summed E-state index contributed by atoms with van der Waals surface area (Å²) in [5, 5.41) is 0. The highest BCUT2D eigenvalue weighted by molar-refractivity contribution is 7.88. The van der Waals surface area contributed by atoms with Crippen LogP contribution in [0.3, 0.4) is 0 Å². The first-order chi connectivity index (χ1) is 11.4. The van der Waals surface area contributed by atoms with Gasteiger partial charge in [-0.2, -0.15) is 4.31 Å². The SMILES string of the molecule is CCCCC(=O)N1CCCN(S(=O)(=O)Cc2ccc(C)cc2)CC1. The Morgan fingerprint density at radius 1 is 1.08 bits per heavy atom. The number of hydrogen-bond acceptors (Lipinski definition) is 3. The van der Waals surface area contributed by atoms with Crippen LogP contribution in [0.4, 0.5) is 0 Å². The van der Waals surface area contributed by atoms with Crippen LogP contribution in [0.15, 0.2) is 24.3 Å². The Bertz CT molecular complexity index is 641. The number of sulfonamides is 1. The molecule has 0 aromatic heterocycles. The first-order valence-electron chi connectivity index (χ1n) is 8.73. The summed E-state index contributed by atoms with van der Waals surface area (Å²) >= 11 is 0. The van der Waals surface area contributed by atoms with Crippen LogP contribution in [-0.4, -0.2) is 49.7 Å². The zero-order chi connectivity index (χ0) is 17.6. The fourth-order valence-corrected chi connectivity index (χ4v) is 4.46. The van der Waals surface area contributed by atoms with Crippen molar-refractivity contribution >= 4 is 15.9 Å². The van der Waals surface area contributed by atoms with E-state index in [1.54, 1.807) is 4.31 Å². The number of benzene rings is 1. The van der Waals surface area contributed by atoms with Crippen molar-refractivity contribution in [3.8, 4) is 0 Å². The van der Waals surface area contributed by atoms with Crippen molar-refractivity contribution in [1.29, 1.82) is 0 Å². The number of amides is 1. The van der Waals surface area contributed by atoms with Crippen LogP contribution in [0.5, 0.6) is 0 Å². The molecule has 1 aliphatic heterocycles. The standard InChI is InChI=1S/C18H28N2O3S/c1-3-4-6-18(21)19-11-5-12-20(14-13-19)24(22,23)15-17-9-7-16(2)8-10-17/h7-10H,3-6,11-15H2,1-2H3. The third-order valence-corrected chi connectivity index (χ3v) is 6.26. The van der Waals surface area contributed by atoms with Crippen molar-refractivity contribution < 1.29 is 13.2 Å². The van der Waals surface area contributed by atoms with Crippen LogP contribution in [0.2, 0.25) is 0 Å². The molecule has 1 fully saturated rings. The van der Waals surface area contributed by atoms with Crippen molar-refractivity contribution in [2.24, 2.45) is 0 Å². The first kappa shape index (κ1) is 18.9. The second-order valence-electron chi connectivity index (χ2n) is 6.48. The Balaban J connectivity index is 1.96. The van der Waals surface area contributed by atoms with Gasteiger partial charge >= 0.3 is 0 Å². The molecule has 0 aliphatic carbocycles. The van der Waals surface area contributed by atoms with Gasteiger partial charge < -0.3 is 4.90 Å². The summed E-state index contributed by atoms with van der Waals surface area (Å²) in [6.45, 7) is 6.08. The van der Waals surface area contributed by atoms with Crippen molar-refractivity contribution in [1.82, 2.24) is 9.21 Å². The molecule has 1 amide bonds. The predicted molar refractivity (Wildman–Crippen MR) is 96.1 cm³/mol. The molecule has 2 rings (SSSR count). The minimum Gasteiger partial charge on any atom is -0.341 e. The van der Waals surface area contributed by atoms with E-state index in [9.17, 15) is 13.2 Å². The molecule has 0 atom stereocenters. The Morgan fingerprint density at radius 3 is 2.46 bits per heavy atom. The molecule has 1 aromatic rings. The fourth-order valence-electron chi connectivity index (χ4n) is 2.89. The topological polar surface area (TPSA) is 57.7 Å². The normalized spacial score (nSPS) is 16.8. The second kappa shape index (κ2) is 8.62. The van der Waals surface area contributed by atoms with Crippen molar-refractivity contribution in [2.75, 3.05) is 26.2 Å². The smallest absolute Gasteiger partial charge is 0.222 e. The molecule has 1 heterocycles. The average Bonchev–Trinajstić information content (AvgIpc) is 2.81. The molecule has 6 heteroatoms. The van der Waals surface area contributed by atoms with Gasteiger partial charge in [0.15, 0.2) is 0 Å². The van der Waals surface area contributed by atoms with Crippen LogP contribution in [0.25, 0.3) is 0 Å². The van der Waals surface area contributed by atoms with Gasteiger partial charge in [-0.1, -0.05) is 43.2 Å². The van der Waals surface area contributed by atoms with E-state index in [-0.39, 0.29) is 11.7 Å². The van der Waals surface area contributed by atoms with Crippen molar-refractivity contribution in [3.05, 3.63) is 35.4 Å². The number of carbonyl (C=O) groups excluding carboxylic acids is 1. The summed E-state index contributed by atoms with van der Waals surface area (Å²) in [5.74, 6) is 0.173. The number of nitrogens with zero attached hydrogens (tertiary/aromatic N) is 2. The first-order valence-corrected chi connectivity index (χ1v) is 10.3. The summed E-state index contributed by atoms with van der Waals surface area (Å²) in [6, 6.07) is 7.60. The van der Waals surface area contributed by atoms with E-state index in [0.717, 1.165) is 24.0 Å². The van der Waals surface area contributed by atoms with Gasteiger partial charge in [0.25, 0.3) is 0 Å². The highest BCUT2D eigenvalue weighted by Crippen LogP contribution is 2.15. The van der Waals surface area contributed by atoms with E-state index >= 15 is 0 Å². The monoisotopic (exact) mass is 352 g/mol. The van der Waals surface area contributed by atoms with E-state index in [4.69, 9.17) is 0 Å². The Kier molecular flexibility index (Phi) is 6.80. The molecule has 1 aliphatic rings. The molecule has 0 saturated carbocycles. The van der Waals surface area contributed by atoms with Crippen molar-refractivity contribution in [3.63, 3.8) is 0 Å². The molecule has 0 radical (unpaired) electrons. The molecule has 134 valence electrons. The maximum absolute atomic E-state index is 12.7. The van der Waals surface area contributed by atoms with Gasteiger partial charge in [-0.3, -0.25) is 4.79 Å². The van der Waals surface area contributed by atoms with Gasteiger partial charge in [-0.25, -0.2) is 8.42 Å². The summed E-state index contributed by atoms with van der Waals surface area (Å²) in [7, 11) is -3.34. The van der Waals surface area contributed by atoms with Gasteiger partial charge in [-0.05, 0) is 25.3 Å². The van der Waals surface area contributed by atoms with E-state index in [2.05, 4.69) is 6.92 Å². The lowest BCUT2D eigenvalue weighted by Crippen LogP contribution is -2.37. The summed E-state index contributed by atoms with van der Waals surface area (Å²) in [6.07, 6.45) is 3.15. The lowest BCUT2D eigenvalue weighted by Gasteiger charge is -2.22. The highest BCUT2D eigenvalue weighted by atomic mass is 32.2. The number of carbonyl (C=O) groups is 1. The summed E-state index contributed by atoms with van der Waals surface area (Å²) in [4.78, 5) is 14.0. The predicted octanol–water partition coefficient (Wildman–Crippen LogP) is 2.55. The maximum Gasteiger partial charge on any atom is 0.222 e. The molecular formula is C18H28N2O3S. The molecule has 0 bridgehead atoms. The Morgan fingerprint density at radius 2 is 1.79 bits per heavy atom. The minimum absolute atomic E-state index is 0.0249. The van der Waals surface area contributed by atoms with E-state index in [1.165, 1.54) is 0 Å².